The second kappa shape index (κ2) is 8.29. The number of rotatable bonds is 6. The zero-order valence-electron chi connectivity index (χ0n) is 16.8. The van der Waals surface area contributed by atoms with E-state index in [0.29, 0.717) is 13.0 Å². The van der Waals surface area contributed by atoms with Gasteiger partial charge in [0.1, 0.15) is 0 Å². The molecule has 1 aromatic carbocycles. The molecule has 0 bridgehead atoms. The molecule has 8 heteroatoms. The fourth-order valence-corrected chi connectivity index (χ4v) is 6.27. The van der Waals surface area contributed by atoms with E-state index in [1.54, 1.807) is 11.1 Å². The lowest BCUT2D eigenvalue weighted by molar-refractivity contribution is -0.131. The highest BCUT2D eigenvalue weighted by atomic mass is 32.2. The molecule has 1 fully saturated rings. The summed E-state index contributed by atoms with van der Waals surface area (Å²) in [6.45, 7) is 8.37. The van der Waals surface area contributed by atoms with Crippen LogP contribution in [0.3, 0.4) is 0 Å². The molecule has 1 aromatic heterocycles. The van der Waals surface area contributed by atoms with Gasteiger partial charge in [0.05, 0.1) is 22.4 Å². The fourth-order valence-electron chi connectivity index (χ4n) is 3.60. The van der Waals surface area contributed by atoms with E-state index in [2.05, 4.69) is 30.1 Å². The molecule has 2 atom stereocenters. The molecule has 0 saturated carbocycles. The molecular weight excluding hydrogens is 394 g/mol. The number of aryl methyl sites for hydroxylation is 2. The van der Waals surface area contributed by atoms with Crippen LogP contribution in [0, 0.1) is 13.8 Å². The van der Waals surface area contributed by atoms with Crippen molar-refractivity contribution in [1.82, 2.24) is 14.5 Å². The van der Waals surface area contributed by atoms with Gasteiger partial charge in [-0.05, 0) is 51.3 Å². The average Bonchev–Trinajstić information content (AvgIpc) is 3.23. The molecule has 1 amide bonds. The molecule has 2 unspecified atom stereocenters. The Balaban J connectivity index is 1.78. The smallest absolute Gasteiger partial charge is 0.236 e. The highest BCUT2D eigenvalue weighted by Crippen LogP contribution is 2.29. The normalized spacial score (nSPS) is 19.5. The van der Waals surface area contributed by atoms with E-state index in [1.807, 2.05) is 31.5 Å². The van der Waals surface area contributed by atoms with Crippen LogP contribution in [0.4, 0.5) is 0 Å². The average molecular weight is 422 g/mol. The number of amides is 1. The highest BCUT2D eigenvalue weighted by Gasteiger charge is 2.35. The number of hydrogen-bond donors (Lipinski definition) is 0. The number of sulfone groups is 1. The molecule has 0 N–H and O–H groups in total. The number of carbonyl (C=O) groups is 1. The van der Waals surface area contributed by atoms with E-state index in [0.717, 1.165) is 22.0 Å². The summed E-state index contributed by atoms with van der Waals surface area (Å²) in [6, 6.07) is 6.04. The minimum atomic E-state index is -3.03. The second-order valence-electron chi connectivity index (χ2n) is 7.31. The Labute approximate surface area is 171 Å². The molecule has 0 aliphatic carbocycles. The quantitative estimate of drug-likeness (QED) is 0.671. The second-order valence-corrected chi connectivity index (χ2v) is 10.8. The van der Waals surface area contributed by atoms with Crippen molar-refractivity contribution >= 4 is 27.5 Å². The van der Waals surface area contributed by atoms with Crippen molar-refractivity contribution in [2.24, 2.45) is 0 Å². The molecule has 1 aliphatic rings. The summed E-state index contributed by atoms with van der Waals surface area (Å²) < 4.78 is 25.6. The summed E-state index contributed by atoms with van der Waals surface area (Å²) in [5.41, 5.74) is 3.35. The minimum absolute atomic E-state index is 0.0369. The zero-order valence-corrected chi connectivity index (χ0v) is 18.4. The van der Waals surface area contributed by atoms with Gasteiger partial charge in [-0.15, -0.1) is 0 Å². The van der Waals surface area contributed by atoms with Crippen LogP contribution in [-0.4, -0.2) is 58.1 Å². The first-order valence-electron chi connectivity index (χ1n) is 9.50. The Morgan fingerprint density at radius 2 is 2.14 bits per heavy atom. The lowest BCUT2D eigenvalue weighted by Gasteiger charge is -2.29. The van der Waals surface area contributed by atoms with Gasteiger partial charge in [-0.2, -0.15) is 0 Å². The maximum absolute atomic E-state index is 13.0. The SMILES string of the molecule is CCN(C(=O)C(C)Sc1nccn1-c1cc(C)ccc1C)C1CCS(=O)(=O)C1. The monoisotopic (exact) mass is 421 g/mol. The van der Waals surface area contributed by atoms with E-state index in [-0.39, 0.29) is 28.7 Å². The Morgan fingerprint density at radius 3 is 2.79 bits per heavy atom. The van der Waals surface area contributed by atoms with Crippen molar-refractivity contribution in [3.8, 4) is 5.69 Å². The lowest BCUT2D eigenvalue weighted by Crippen LogP contribution is -2.44. The maximum Gasteiger partial charge on any atom is 0.236 e. The predicted molar refractivity (Wildman–Crippen MR) is 113 cm³/mol. The Bertz CT molecular complexity index is 969. The number of nitrogens with zero attached hydrogens (tertiary/aromatic N) is 3. The van der Waals surface area contributed by atoms with Crippen molar-refractivity contribution in [1.29, 1.82) is 0 Å². The summed E-state index contributed by atoms with van der Waals surface area (Å²) in [5, 5.41) is 0.402. The van der Waals surface area contributed by atoms with Gasteiger partial charge in [-0.1, -0.05) is 23.9 Å². The number of carbonyl (C=O) groups excluding carboxylic acids is 1. The van der Waals surface area contributed by atoms with Crippen LogP contribution >= 0.6 is 11.8 Å². The van der Waals surface area contributed by atoms with Crippen LogP contribution in [0.1, 0.15) is 31.4 Å². The molecule has 6 nitrogen and oxygen atoms in total. The van der Waals surface area contributed by atoms with Crippen molar-refractivity contribution in [2.45, 2.75) is 50.6 Å². The standard InChI is InChI=1S/C20H27N3O3S2/c1-5-22(17-8-11-28(25,26)13-17)19(24)16(4)27-20-21-9-10-23(20)18-12-14(2)6-7-15(18)3/h6-7,9-10,12,16-17H,5,8,11,13H2,1-4H3. The molecule has 2 heterocycles. The largest absolute Gasteiger partial charge is 0.338 e. The van der Waals surface area contributed by atoms with Crippen LogP contribution in [0.5, 0.6) is 0 Å². The molecule has 28 heavy (non-hydrogen) atoms. The first-order chi connectivity index (χ1) is 13.2. The third-order valence-corrected chi connectivity index (χ3v) is 7.95. The molecule has 2 aromatic rings. The van der Waals surface area contributed by atoms with E-state index in [1.165, 1.54) is 11.8 Å². The van der Waals surface area contributed by atoms with E-state index in [9.17, 15) is 13.2 Å². The predicted octanol–water partition coefficient (Wildman–Crippen LogP) is 3.01. The Kier molecular flexibility index (Phi) is 6.19. The molecule has 1 saturated heterocycles. The van der Waals surface area contributed by atoms with E-state index in [4.69, 9.17) is 0 Å². The number of hydrogen-bond acceptors (Lipinski definition) is 5. The highest BCUT2D eigenvalue weighted by molar-refractivity contribution is 8.00. The van der Waals surface area contributed by atoms with Crippen LogP contribution in [0.2, 0.25) is 0 Å². The number of benzene rings is 1. The van der Waals surface area contributed by atoms with E-state index < -0.39 is 9.84 Å². The van der Waals surface area contributed by atoms with Crippen LogP contribution < -0.4 is 0 Å². The first-order valence-corrected chi connectivity index (χ1v) is 12.2. The van der Waals surface area contributed by atoms with Crippen molar-refractivity contribution in [2.75, 3.05) is 18.1 Å². The van der Waals surface area contributed by atoms with Gasteiger partial charge in [0.2, 0.25) is 5.91 Å². The van der Waals surface area contributed by atoms with Crippen molar-refractivity contribution in [3.05, 3.63) is 41.7 Å². The molecule has 0 radical (unpaired) electrons. The Hall–Kier alpha value is -1.80. The van der Waals surface area contributed by atoms with Gasteiger partial charge in [0.25, 0.3) is 0 Å². The van der Waals surface area contributed by atoms with Crippen LogP contribution in [0.15, 0.2) is 35.7 Å². The van der Waals surface area contributed by atoms with Crippen molar-refractivity contribution < 1.29 is 13.2 Å². The van der Waals surface area contributed by atoms with Gasteiger partial charge in [0, 0.05) is 25.0 Å². The van der Waals surface area contributed by atoms with Gasteiger partial charge in [0.15, 0.2) is 15.0 Å². The summed E-state index contributed by atoms with van der Waals surface area (Å²) in [5.74, 6) is 0.200. The first kappa shape index (κ1) is 20.9. The summed E-state index contributed by atoms with van der Waals surface area (Å²) >= 11 is 1.41. The van der Waals surface area contributed by atoms with Gasteiger partial charge in [-0.25, -0.2) is 13.4 Å². The molecule has 3 rings (SSSR count). The molecule has 0 spiro atoms. The third-order valence-electron chi connectivity index (χ3n) is 5.13. The lowest BCUT2D eigenvalue weighted by atomic mass is 10.1. The summed E-state index contributed by atoms with van der Waals surface area (Å²) in [4.78, 5) is 19.2. The molecule has 152 valence electrons. The fraction of sp³-hybridized carbons (Fsp3) is 0.500. The van der Waals surface area contributed by atoms with Gasteiger partial charge < -0.3 is 4.90 Å². The van der Waals surface area contributed by atoms with E-state index >= 15 is 0 Å². The summed E-state index contributed by atoms with van der Waals surface area (Å²) in [6.07, 6.45) is 4.17. The van der Waals surface area contributed by atoms with Crippen molar-refractivity contribution in [3.63, 3.8) is 0 Å². The minimum Gasteiger partial charge on any atom is -0.338 e. The molecular formula is C20H27N3O3S2. The third kappa shape index (κ3) is 4.43. The Morgan fingerprint density at radius 1 is 1.39 bits per heavy atom. The number of imidazole rings is 1. The maximum atomic E-state index is 13.0. The van der Waals surface area contributed by atoms with Gasteiger partial charge >= 0.3 is 0 Å². The molecule has 1 aliphatic heterocycles. The van der Waals surface area contributed by atoms with Crippen LogP contribution in [-0.2, 0) is 14.6 Å². The number of aromatic nitrogens is 2. The van der Waals surface area contributed by atoms with Crippen LogP contribution in [0.25, 0.3) is 5.69 Å². The topological polar surface area (TPSA) is 72.3 Å². The van der Waals surface area contributed by atoms with Gasteiger partial charge in [-0.3, -0.25) is 9.36 Å². The zero-order chi connectivity index (χ0) is 20.5. The number of thioether (sulfide) groups is 1. The summed E-state index contributed by atoms with van der Waals surface area (Å²) in [7, 11) is -3.03.